The molecule has 6 nitrogen and oxygen atoms in total. The summed E-state index contributed by atoms with van der Waals surface area (Å²) in [6.07, 6.45) is 3.31. The second-order valence-electron chi connectivity index (χ2n) is 8.19. The van der Waals surface area contributed by atoms with Crippen LogP contribution in [0.5, 0.6) is 0 Å². The van der Waals surface area contributed by atoms with Crippen LogP contribution in [0.15, 0.2) is 12.1 Å². The third kappa shape index (κ3) is 3.12. The maximum atomic E-state index is 12.8. The summed E-state index contributed by atoms with van der Waals surface area (Å²) < 4.78 is 0. The molecule has 3 N–H and O–H groups in total. The average Bonchev–Trinajstić information content (AvgIpc) is 3.18. The van der Waals surface area contributed by atoms with Gasteiger partial charge in [-0.1, -0.05) is 6.07 Å². The van der Waals surface area contributed by atoms with E-state index in [1.165, 1.54) is 24.0 Å². The number of nitrogens with zero attached hydrogens (tertiary/aromatic N) is 2. The summed E-state index contributed by atoms with van der Waals surface area (Å²) in [5.41, 5.74) is 4.78. The third-order valence-electron chi connectivity index (χ3n) is 6.37. The van der Waals surface area contributed by atoms with Crippen LogP contribution >= 0.6 is 0 Å². The van der Waals surface area contributed by atoms with Crippen molar-refractivity contribution in [3.63, 3.8) is 0 Å². The molecule has 6 heteroatoms. The fraction of sp³-hybridized carbons (Fsp3) is 0.600. The lowest BCUT2D eigenvalue weighted by atomic mass is 9.77. The van der Waals surface area contributed by atoms with Gasteiger partial charge in [0.1, 0.15) is 5.82 Å². The average molecular weight is 355 g/mol. The monoisotopic (exact) mass is 355 g/mol. The van der Waals surface area contributed by atoms with Crippen molar-refractivity contribution < 1.29 is 4.79 Å². The quantitative estimate of drug-likeness (QED) is 0.786. The van der Waals surface area contributed by atoms with Gasteiger partial charge in [0.2, 0.25) is 5.91 Å². The Bertz CT molecular complexity index is 821. The molecule has 26 heavy (non-hydrogen) atoms. The predicted octanol–water partition coefficient (Wildman–Crippen LogP) is 1.87. The number of hydrogen-bond acceptors (Lipinski definition) is 4. The van der Waals surface area contributed by atoms with Crippen LogP contribution in [0.4, 0.5) is 0 Å². The number of nitrogens with one attached hydrogen (secondary N) is 3. The number of carbonyl (C=O) groups is 1. The standard InChI is InChI=1S/C20H29N5O/c1-13-4-5-15-18(14(13)2)24-17(23-15)11-22-19(26)16-10-20(12-25(16)3)6-8-21-9-7-20/h4-5,16,21H,6-12H2,1-3H3,(H,22,26)(H,23,24)/t16-/m1/s1. The summed E-state index contributed by atoms with van der Waals surface area (Å²) >= 11 is 0. The van der Waals surface area contributed by atoms with E-state index in [4.69, 9.17) is 0 Å². The fourth-order valence-electron chi connectivity index (χ4n) is 4.62. The first-order chi connectivity index (χ1) is 12.5. The van der Waals surface area contributed by atoms with Crippen molar-refractivity contribution in [3.05, 3.63) is 29.1 Å². The van der Waals surface area contributed by atoms with Crippen LogP contribution in [0.2, 0.25) is 0 Å². The summed E-state index contributed by atoms with van der Waals surface area (Å²) in [5, 5.41) is 6.53. The van der Waals surface area contributed by atoms with Gasteiger partial charge in [0.15, 0.2) is 0 Å². The van der Waals surface area contributed by atoms with Gasteiger partial charge in [-0.2, -0.15) is 0 Å². The van der Waals surface area contributed by atoms with E-state index >= 15 is 0 Å². The molecule has 2 saturated heterocycles. The molecule has 2 fully saturated rings. The van der Waals surface area contributed by atoms with Gasteiger partial charge in [0, 0.05) is 6.54 Å². The molecule has 2 aliphatic rings. The van der Waals surface area contributed by atoms with E-state index in [0.29, 0.717) is 12.0 Å². The van der Waals surface area contributed by atoms with Crippen molar-refractivity contribution in [2.45, 2.75) is 45.7 Å². The molecule has 2 aromatic rings. The van der Waals surface area contributed by atoms with Gasteiger partial charge in [-0.3, -0.25) is 9.69 Å². The van der Waals surface area contributed by atoms with Gasteiger partial charge in [-0.05, 0) is 75.9 Å². The zero-order chi connectivity index (χ0) is 18.3. The smallest absolute Gasteiger partial charge is 0.237 e. The van der Waals surface area contributed by atoms with Gasteiger partial charge in [0.05, 0.1) is 23.6 Å². The Kier molecular flexibility index (Phi) is 4.49. The number of aryl methyl sites for hydroxylation is 2. The lowest BCUT2D eigenvalue weighted by molar-refractivity contribution is -0.125. The van der Waals surface area contributed by atoms with Crippen molar-refractivity contribution >= 4 is 16.9 Å². The largest absolute Gasteiger partial charge is 0.348 e. The number of imidazole rings is 1. The molecule has 0 radical (unpaired) electrons. The number of rotatable bonds is 3. The molecule has 1 spiro atoms. The van der Waals surface area contributed by atoms with Gasteiger partial charge >= 0.3 is 0 Å². The summed E-state index contributed by atoms with van der Waals surface area (Å²) in [5.74, 6) is 0.940. The Labute approximate surface area is 154 Å². The normalized spacial score (nSPS) is 23.0. The molecule has 0 bridgehead atoms. The van der Waals surface area contributed by atoms with E-state index in [0.717, 1.165) is 42.9 Å². The molecule has 0 saturated carbocycles. The Morgan fingerprint density at radius 1 is 1.35 bits per heavy atom. The zero-order valence-corrected chi connectivity index (χ0v) is 16.0. The first-order valence-corrected chi connectivity index (χ1v) is 9.61. The van der Waals surface area contributed by atoms with E-state index in [2.05, 4.69) is 58.5 Å². The number of aromatic nitrogens is 2. The number of likely N-dealkylation sites (tertiary alicyclic amines) is 1. The maximum absolute atomic E-state index is 12.8. The third-order valence-corrected chi connectivity index (χ3v) is 6.37. The van der Waals surface area contributed by atoms with Crippen LogP contribution in [-0.2, 0) is 11.3 Å². The van der Waals surface area contributed by atoms with Crippen LogP contribution in [0, 0.1) is 19.3 Å². The number of benzene rings is 1. The molecule has 0 aliphatic carbocycles. The topological polar surface area (TPSA) is 73.1 Å². The van der Waals surface area contributed by atoms with Gasteiger partial charge < -0.3 is 15.6 Å². The molecule has 3 heterocycles. The number of aromatic amines is 1. The molecule has 1 atom stereocenters. The minimum atomic E-state index is -0.0264. The lowest BCUT2D eigenvalue weighted by Gasteiger charge is -2.33. The number of hydrogen-bond donors (Lipinski definition) is 3. The summed E-state index contributed by atoms with van der Waals surface area (Å²) in [6.45, 7) is 7.80. The van der Waals surface area contributed by atoms with Crippen LogP contribution in [0.25, 0.3) is 11.0 Å². The van der Waals surface area contributed by atoms with Crippen molar-refractivity contribution in [2.75, 3.05) is 26.7 Å². The van der Waals surface area contributed by atoms with Crippen LogP contribution in [-0.4, -0.2) is 53.5 Å². The highest BCUT2D eigenvalue weighted by Crippen LogP contribution is 2.41. The van der Waals surface area contributed by atoms with E-state index in [1.54, 1.807) is 0 Å². The second-order valence-corrected chi connectivity index (χ2v) is 8.19. The predicted molar refractivity (Wildman–Crippen MR) is 103 cm³/mol. The summed E-state index contributed by atoms with van der Waals surface area (Å²) in [6, 6.07) is 4.13. The van der Waals surface area contributed by atoms with Crippen LogP contribution < -0.4 is 10.6 Å². The molecule has 0 unspecified atom stereocenters. The number of piperidine rings is 1. The zero-order valence-electron chi connectivity index (χ0n) is 16.0. The van der Waals surface area contributed by atoms with Gasteiger partial charge in [-0.15, -0.1) is 0 Å². The van der Waals surface area contributed by atoms with Gasteiger partial charge in [-0.25, -0.2) is 4.98 Å². The minimum Gasteiger partial charge on any atom is -0.348 e. The molecule has 1 aromatic carbocycles. The Hall–Kier alpha value is -1.92. The summed E-state index contributed by atoms with van der Waals surface area (Å²) in [4.78, 5) is 23.0. The number of H-pyrrole nitrogens is 1. The Morgan fingerprint density at radius 3 is 2.88 bits per heavy atom. The van der Waals surface area contributed by atoms with Crippen molar-refractivity contribution in [2.24, 2.45) is 5.41 Å². The molecule has 1 aromatic heterocycles. The van der Waals surface area contributed by atoms with E-state index in [-0.39, 0.29) is 11.9 Å². The molecular weight excluding hydrogens is 326 g/mol. The van der Waals surface area contributed by atoms with E-state index in [1.807, 2.05) is 0 Å². The Morgan fingerprint density at radius 2 is 2.12 bits per heavy atom. The molecule has 140 valence electrons. The number of carbonyl (C=O) groups excluding carboxylic acids is 1. The van der Waals surface area contributed by atoms with Gasteiger partial charge in [0.25, 0.3) is 0 Å². The molecular formula is C20H29N5O. The highest BCUT2D eigenvalue weighted by Gasteiger charge is 2.45. The van der Waals surface area contributed by atoms with Crippen LogP contribution in [0.1, 0.15) is 36.2 Å². The first kappa shape index (κ1) is 17.5. The van der Waals surface area contributed by atoms with Crippen molar-refractivity contribution in [1.82, 2.24) is 25.5 Å². The molecule has 4 rings (SSSR count). The summed E-state index contributed by atoms with van der Waals surface area (Å²) in [7, 11) is 2.08. The van der Waals surface area contributed by atoms with E-state index in [9.17, 15) is 4.79 Å². The molecule has 2 aliphatic heterocycles. The maximum Gasteiger partial charge on any atom is 0.237 e. The van der Waals surface area contributed by atoms with Crippen molar-refractivity contribution in [3.8, 4) is 0 Å². The Balaban J connectivity index is 1.42. The highest BCUT2D eigenvalue weighted by molar-refractivity contribution is 5.82. The number of fused-ring (bicyclic) bond motifs is 1. The first-order valence-electron chi connectivity index (χ1n) is 9.61. The fourth-order valence-corrected chi connectivity index (χ4v) is 4.62. The lowest BCUT2D eigenvalue weighted by Crippen LogP contribution is -2.41. The SMILES string of the molecule is Cc1ccc2[nH]c(CNC(=O)[C@H]3CC4(CCNCC4)CN3C)nc2c1C. The highest BCUT2D eigenvalue weighted by atomic mass is 16.2. The number of likely N-dealkylation sites (N-methyl/N-ethyl adjacent to an activating group) is 1. The van der Waals surface area contributed by atoms with E-state index < -0.39 is 0 Å². The second kappa shape index (κ2) is 6.67. The van der Waals surface area contributed by atoms with Crippen LogP contribution in [0.3, 0.4) is 0 Å². The molecule has 1 amide bonds. The number of amides is 1. The minimum absolute atomic E-state index is 0.0264. The van der Waals surface area contributed by atoms with Crippen molar-refractivity contribution in [1.29, 1.82) is 0 Å².